The van der Waals surface area contributed by atoms with Crippen LogP contribution in [-0.2, 0) is 10.8 Å². The molecule has 1 unspecified atom stereocenters. The molecule has 4 N–H and O–H groups in total. The Labute approximate surface area is 270 Å². The van der Waals surface area contributed by atoms with Crippen molar-refractivity contribution >= 4 is 27.9 Å². The van der Waals surface area contributed by atoms with Crippen molar-refractivity contribution < 1.29 is 25.2 Å². The SMILES string of the molecule is CC(C)(c1ccc(O)cc1)c1ccc(O)cc1.CC1CC(C)(C)CC(c2ccc(O)cc2)(c2ccc(O)cc2)C1.O=C(Cl)Cl. The van der Waals surface area contributed by atoms with Crippen LogP contribution >= 0.6 is 23.2 Å². The highest BCUT2D eigenvalue weighted by Gasteiger charge is 2.45. The zero-order chi connectivity index (χ0) is 32.7. The van der Waals surface area contributed by atoms with Crippen molar-refractivity contribution in [2.24, 2.45) is 11.3 Å². The van der Waals surface area contributed by atoms with E-state index < -0.39 is 4.70 Å². The molecule has 1 saturated carbocycles. The third kappa shape index (κ3) is 9.17. The van der Waals surface area contributed by atoms with Gasteiger partial charge in [0.2, 0.25) is 0 Å². The standard InChI is InChI=1S/C21H26O2.C15H16O2.CCl2O/c1-15-12-20(2,3)14-21(13-15,16-4-8-18(22)9-5-16)17-6-10-19(23)11-7-17;1-15(2,11-3-7-13(16)8-4-11)12-5-9-14(17)10-6-12;2-1(3)4/h4-11,15,22-23H,12-14H2,1-3H3;3-10,16-17H,1-2H3;. The summed E-state index contributed by atoms with van der Waals surface area (Å²) in [5.41, 5.74) is 4.79. The molecule has 1 aliphatic rings. The highest BCUT2D eigenvalue weighted by Crippen LogP contribution is 2.53. The molecule has 0 radical (unpaired) electrons. The predicted octanol–water partition coefficient (Wildman–Crippen LogP) is 10.2. The van der Waals surface area contributed by atoms with Gasteiger partial charge in [0, 0.05) is 10.8 Å². The van der Waals surface area contributed by atoms with Gasteiger partial charge in [-0.2, -0.15) is 0 Å². The number of phenols is 4. The maximum atomic E-state index is 9.67. The monoisotopic (exact) mass is 636 g/mol. The Morgan fingerprint density at radius 1 is 0.636 bits per heavy atom. The Balaban J connectivity index is 0.000000222. The van der Waals surface area contributed by atoms with Crippen LogP contribution in [0.3, 0.4) is 0 Å². The zero-order valence-corrected chi connectivity index (χ0v) is 27.4. The van der Waals surface area contributed by atoms with Gasteiger partial charge in [0.25, 0.3) is 0 Å². The largest absolute Gasteiger partial charge is 0.508 e. The van der Waals surface area contributed by atoms with Crippen LogP contribution in [0, 0.1) is 11.3 Å². The topological polar surface area (TPSA) is 98.0 Å². The summed E-state index contributed by atoms with van der Waals surface area (Å²) < 4.78 is -0.889. The summed E-state index contributed by atoms with van der Waals surface area (Å²) in [6.45, 7) is 11.3. The van der Waals surface area contributed by atoms with Gasteiger partial charge in [-0.05, 0) is 125 Å². The first-order valence-electron chi connectivity index (χ1n) is 14.6. The molecule has 1 fully saturated rings. The number of carbonyl (C=O) groups is 1. The van der Waals surface area contributed by atoms with E-state index in [0.29, 0.717) is 17.4 Å². The van der Waals surface area contributed by atoms with E-state index >= 15 is 0 Å². The van der Waals surface area contributed by atoms with E-state index in [2.05, 4.69) is 82.1 Å². The first-order valence-corrected chi connectivity index (χ1v) is 15.3. The molecule has 4 aromatic rings. The number of halogens is 2. The second-order valence-corrected chi connectivity index (χ2v) is 13.9. The number of phenolic OH excluding ortho intramolecular Hbond substituents is 4. The van der Waals surface area contributed by atoms with Gasteiger partial charge in [-0.1, -0.05) is 83.1 Å². The molecular weight excluding hydrogens is 595 g/mol. The van der Waals surface area contributed by atoms with Gasteiger partial charge in [-0.15, -0.1) is 0 Å². The Kier molecular flexibility index (Phi) is 11.4. The first kappa shape index (κ1) is 34.8. The van der Waals surface area contributed by atoms with E-state index in [1.165, 1.54) is 17.5 Å². The average molecular weight is 638 g/mol. The minimum absolute atomic E-state index is 0.0669. The summed E-state index contributed by atoms with van der Waals surface area (Å²) in [6.07, 6.45) is 3.39. The van der Waals surface area contributed by atoms with Crippen LogP contribution in [0.2, 0.25) is 0 Å². The van der Waals surface area contributed by atoms with Gasteiger partial charge < -0.3 is 20.4 Å². The second-order valence-electron chi connectivity index (χ2n) is 13.0. The Hall–Kier alpha value is -3.67. The number of hydrogen-bond acceptors (Lipinski definition) is 5. The van der Waals surface area contributed by atoms with Crippen LogP contribution in [0.15, 0.2) is 97.1 Å². The van der Waals surface area contributed by atoms with Crippen LogP contribution in [0.25, 0.3) is 0 Å². The minimum Gasteiger partial charge on any atom is -0.508 e. The van der Waals surface area contributed by atoms with Crippen molar-refractivity contribution in [1.29, 1.82) is 0 Å². The molecule has 0 bridgehead atoms. The van der Waals surface area contributed by atoms with Crippen molar-refractivity contribution in [2.75, 3.05) is 0 Å². The van der Waals surface area contributed by atoms with E-state index in [1.807, 2.05) is 24.3 Å². The van der Waals surface area contributed by atoms with Gasteiger partial charge >= 0.3 is 4.70 Å². The molecule has 0 heterocycles. The lowest BCUT2D eigenvalue weighted by atomic mass is 9.55. The molecule has 0 aliphatic heterocycles. The lowest BCUT2D eigenvalue weighted by molar-refractivity contribution is 0.127. The highest BCUT2D eigenvalue weighted by molar-refractivity contribution is 6.93. The van der Waals surface area contributed by atoms with Crippen LogP contribution in [0.5, 0.6) is 23.0 Å². The third-order valence-corrected chi connectivity index (χ3v) is 8.40. The lowest BCUT2D eigenvalue weighted by Gasteiger charge is -2.48. The normalized spacial score (nSPS) is 16.8. The molecule has 5 nitrogen and oxygen atoms in total. The van der Waals surface area contributed by atoms with Crippen LogP contribution < -0.4 is 0 Å². The van der Waals surface area contributed by atoms with Crippen molar-refractivity contribution in [3.63, 3.8) is 0 Å². The molecule has 5 rings (SSSR count). The van der Waals surface area contributed by atoms with E-state index in [4.69, 9.17) is 4.79 Å². The number of carbonyl (C=O) groups excluding carboxylic acids is 1. The number of rotatable bonds is 4. The van der Waals surface area contributed by atoms with Crippen molar-refractivity contribution in [1.82, 2.24) is 0 Å². The molecule has 1 atom stereocenters. The van der Waals surface area contributed by atoms with Crippen LogP contribution in [0.4, 0.5) is 4.79 Å². The van der Waals surface area contributed by atoms with Crippen LogP contribution in [0.1, 0.15) is 76.1 Å². The maximum Gasteiger partial charge on any atom is 0.313 e. The number of hydrogen-bond donors (Lipinski definition) is 4. The van der Waals surface area contributed by atoms with E-state index in [-0.39, 0.29) is 27.7 Å². The summed E-state index contributed by atoms with van der Waals surface area (Å²) in [5.74, 6) is 1.78. The molecule has 0 saturated heterocycles. The molecule has 234 valence electrons. The molecule has 7 heteroatoms. The van der Waals surface area contributed by atoms with E-state index in [1.54, 1.807) is 48.5 Å². The van der Waals surface area contributed by atoms with Gasteiger partial charge in [-0.25, -0.2) is 0 Å². The van der Waals surface area contributed by atoms with Crippen molar-refractivity contribution in [2.45, 2.75) is 64.7 Å². The van der Waals surface area contributed by atoms with E-state index in [9.17, 15) is 20.4 Å². The molecule has 0 amide bonds. The van der Waals surface area contributed by atoms with E-state index in [0.717, 1.165) is 24.0 Å². The van der Waals surface area contributed by atoms with Crippen molar-refractivity contribution in [3.05, 3.63) is 119 Å². The minimum atomic E-state index is -0.889. The molecule has 44 heavy (non-hydrogen) atoms. The molecule has 1 aliphatic carbocycles. The predicted molar refractivity (Wildman–Crippen MR) is 179 cm³/mol. The van der Waals surface area contributed by atoms with Gasteiger partial charge in [0.15, 0.2) is 0 Å². The number of aromatic hydroxyl groups is 4. The maximum absolute atomic E-state index is 9.67. The molecule has 4 aromatic carbocycles. The molecule has 0 aromatic heterocycles. The summed E-state index contributed by atoms with van der Waals surface area (Å²) in [6, 6.07) is 29.8. The Bertz CT molecular complexity index is 1400. The summed E-state index contributed by atoms with van der Waals surface area (Å²) in [7, 11) is 0. The van der Waals surface area contributed by atoms with Gasteiger partial charge in [0.05, 0.1) is 0 Å². The third-order valence-electron chi connectivity index (χ3n) is 8.40. The smallest absolute Gasteiger partial charge is 0.313 e. The summed E-state index contributed by atoms with van der Waals surface area (Å²) in [4.78, 5) is 8.98. The lowest BCUT2D eigenvalue weighted by Crippen LogP contribution is -2.41. The molecular formula is C37H42Cl2O5. The van der Waals surface area contributed by atoms with Gasteiger partial charge in [0.1, 0.15) is 23.0 Å². The quantitative estimate of drug-likeness (QED) is 0.167. The zero-order valence-electron chi connectivity index (χ0n) is 25.9. The fraction of sp³-hybridized carbons (Fsp3) is 0.324. The number of benzene rings is 4. The Morgan fingerprint density at radius 2 is 0.932 bits per heavy atom. The Morgan fingerprint density at radius 3 is 1.23 bits per heavy atom. The summed E-state index contributed by atoms with van der Waals surface area (Å²) in [5, 5.41) is 37.9. The molecule has 0 spiro atoms. The fourth-order valence-electron chi connectivity index (χ4n) is 6.66. The average Bonchev–Trinajstić information content (AvgIpc) is 2.93. The van der Waals surface area contributed by atoms with Gasteiger partial charge in [-0.3, -0.25) is 4.79 Å². The second kappa shape index (κ2) is 14.4. The van der Waals surface area contributed by atoms with Crippen molar-refractivity contribution in [3.8, 4) is 23.0 Å². The fourth-order valence-corrected chi connectivity index (χ4v) is 6.66. The highest BCUT2D eigenvalue weighted by atomic mass is 35.5. The first-order chi connectivity index (χ1) is 20.5. The van der Waals surface area contributed by atoms with Crippen LogP contribution in [-0.4, -0.2) is 25.1 Å². The summed E-state index contributed by atoms with van der Waals surface area (Å²) >= 11 is 8.80.